The summed E-state index contributed by atoms with van der Waals surface area (Å²) < 4.78 is 0. The van der Waals surface area contributed by atoms with Gasteiger partial charge in [-0.1, -0.05) is 42.0 Å². The maximum Gasteiger partial charge on any atom is 0.320 e. The standard InChI is InChI=1S/C20H29N3O/c1-3-22-13-14-23(20(22)24)19-9-11-21(12-10-19)16-17(2)15-18-7-5-4-6-8-18/h4-8,15,19H,3,9-14,16H2,1-2H3/b17-15+. The lowest BCUT2D eigenvalue weighted by Gasteiger charge is -2.36. The van der Waals surface area contributed by atoms with Crippen LogP contribution in [0.15, 0.2) is 35.9 Å². The zero-order valence-corrected chi connectivity index (χ0v) is 14.9. The monoisotopic (exact) mass is 327 g/mol. The minimum absolute atomic E-state index is 0.246. The van der Waals surface area contributed by atoms with Crippen LogP contribution in [0.4, 0.5) is 4.79 Å². The Bertz CT molecular complexity index is 576. The van der Waals surface area contributed by atoms with Crippen LogP contribution in [0, 0.1) is 0 Å². The first-order valence-electron chi connectivity index (χ1n) is 9.17. The molecule has 2 fully saturated rings. The van der Waals surface area contributed by atoms with E-state index in [1.165, 1.54) is 11.1 Å². The van der Waals surface area contributed by atoms with Crippen molar-refractivity contribution < 1.29 is 4.79 Å². The van der Waals surface area contributed by atoms with Crippen LogP contribution in [0.1, 0.15) is 32.3 Å². The van der Waals surface area contributed by atoms with E-state index in [9.17, 15) is 4.79 Å². The number of hydrogen-bond donors (Lipinski definition) is 0. The SMILES string of the molecule is CCN1CCN(C2CCN(C/C(C)=C/c3ccccc3)CC2)C1=O. The van der Waals surface area contributed by atoms with Crippen LogP contribution in [0.25, 0.3) is 6.08 Å². The van der Waals surface area contributed by atoms with E-state index < -0.39 is 0 Å². The average molecular weight is 327 g/mol. The molecule has 4 nitrogen and oxygen atoms in total. The van der Waals surface area contributed by atoms with Gasteiger partial charge in [0.05, 0.1) is 0 Å². The molecule has 2 saturated heterocycles. The molecule has 0 N–H and O–H groups in total. The molecule has 3 rings (SSSR count). The van der Waals surface area contributed by atoms with Crippen LogP contribution in [0.5, 0.6) is 0 Å². The van der Waals surface area contributed by atoms with Crippen molar-refractivity contribution in [3.63, 3.8) is 0 Å². The molecule has 2 aliphatic rings. The van der Waals surface area contributed by atoms with Crippen molar-refractivity contribution in [3.8, 4) is 0 Å². The Morgan fingerprint density at radius 1 is 1.12 bits per heavy atom. The van der Waals surface area contributed by atoms with Gasteiger partial charge in [-0.2, -0.15) is 0 Å². The quantitative estimate of drug-likeness (QED) is 0.829. The van der Waals surface area contributed by atoms with Crippen LogP contribution >= 0.6 is 0 Å². The summed E-state index contributed by atoms with van der Waals surface area (Å²) >= 11 is 0. The van der Waals surface area contributed by atoms with Crippen molar-refractivity contribution in [2.45, 2.75) is 32.7 Å². The summed E-state index contributed by atoms with van der Waals surface area (Å²) in [6.45, 7) is 10.1. The minimum Gasteiger partial charge on any atom is -0.323 e. The van der Waals surface area contributed by atoms with Gasteiger partial charge in [-0.15, -0.1) is 0 Å². The highest BCUT2D eigenvalue weighted by atomic mass is 16.2. The molecule has 0 bridgehead atoms. The molecule has 0 aliphatic carbocycles. The van der Waals surface area contributed by atoms with E-state index >= 15 is 0 Å². The number of urea groups is 1. The third-order valence-electron chi connectivity index (χ3n) is 5.19. The second-order valence-electron chi connectivity index (χ2n) is 6.96. The van der Waals surface area contributed by atoms with Gasteiger partial charge < -0.3 is 9.80 Å². The topological polar surface area (TPSA) is 26.8 Å². The van der Waals surface area contributed by atoms with Crippen LogP contribution < -0.4 is 0 Å². The first-order chi connectivity index (χ1) is 11.7. The molecule has 2 aliphatic heterocycles. The first-order valence-corrected chi connectivity index (χ1v) is 9.17. The summed E-state index contributed by atoms with van der Waals surface area (Å²) in [5, 5.41) is 0. The highest BCUT2D eigenvalue weighted by molar-refractivity contribution is 5.76. The first kappa shape index (κ1) is 17.0. The summed E-state index contributed by atoms with van der Waals surface area (Å²) in [6.07, 6.45) is 4.47. The van der Waals surface area contributed by atoms with E-state index in [0.717, 1.165) is 52.1 Å². The van der Waals surface area contributed by atoms with E-state index in [2.05, 4.69) is 60.1 Å². The fourth-order valence-corrected chi connectivity index (χ4v) is 3.85. The summed E-state index contributed by atoms with van der Waals surface area (Å²) in [5.41, 5.74) is 2.67. The number of carbonyl (C=O) groups excluding carboxylic acids is 1. The second kappa shape index (κ2) is 7.84. The van der Waals surface area contributed by atoms with Gasteiger partial charge in [-0.25, -0.2) is 4.79 Å². The molecule has 0 unspecified atom stereocenters. The normalized spacial score (nSPS) is 20.9. The summed E-state index contributed by atoms with van der Waals surface area (Å²) in [4.78, 5) is 18.9. The van der Waals surface area contributed by atoms with Crippen molar-refractivity contribution in [1.29, 1.82) is 0 Å². The largest absolute Gasteiger partial charge is 0.323 e. The van der Waals surface area contributed by atoms with Crippen molar-refractivity contribution >= 4 is 12.1 Å². The lowest BCUT2D eigenvalue weighted by Crippen LogP contribution is -2.46. The molecule has 0 spiro atoms. The Morgan fingerprint density at radius 3 is 2.46 bits per heavy atom. The van der Waals surface area contributed by atoms with Gasteiger partial charge in [-0.3, -0.25) is 4.90 Å². The molecule has 0 aromatic heterocycles. The van der Waals surface area contributed by atoms with Gasteiger partial charge in [0, 0.05) is 45.3 Å². The molecule has 1 aromatic rings. The number of likely N-dealkylation sites (N-methyl/N-ethyl adjacent to an activating group) is 1. The molecule has 130 valence electrons. The van der Waals surface area contributed by atoms with Crippen molar-refractivity contribution in [2.75, 3.05) is 39.3 Å². The summed E-state index contributed by atoms with van der Waals surface area (Å²) in [6, 6.07) is 11.2. The number of piperidine rings is 1. The van der Waals surface area contributed by atoms with E-state index in [4.69, 9.17) is 0 Å². The van der Waals surface area contributed by atoms with Gasteiger partial charge in [0.25, 0.3) is 0 Å². The smallest absolute Gasteiger partial charge is 0.320 e. The lowest BCUT2D eigenvalue weighted by molar-refractivity contribution is 0.135. The third kappa shape index (κ3) is 3.99. The molecule has 2 heterocycles. The highest BCUT2D eigenvalue weighted by Crippen LogP contribution is 2.22. The number of hydrogen-bond acceptors (Lipinski definition) is 2. The Kier molecular flexibility index (Phi) is 5.56. The average Bonchev–Trinajstić information content (AvgIpc) is 2.97. The van der Waals surface area contributed by atoms with E-state index in [0.29, 0.717) is 6.04 Å². The predicted molar refractivity (Wildman–Crippen MR) is 98.9 cm³/mol. The van der Waals surface area contributed by atoms with Gasteiger partial charge in [0.1, 0.15) is 0 Å². The van der Waals surface area contributed by atoms with Gasteiger partial charge >= 0.3 is 6.03 Å². The van der Waals surface area contributed by atoms with Crippen LogP contribution in [0.2, 0.25) is 0 Å². The fraction of sp³-hybridized carbons (Fsp3) is 0.550. The van der Waals surface area contributed by atoms with Crippen molar-refractivity contribution in [1.82, 2.24) is 14.7 Å². The molecule has 0 saturated carbocycles. The summed E-state index contributed by atoms with van der Waals surface area (Å²) in [5.74, 6) is 0. The zero-order chi connectivity index (χ0) is 16.9. The number of amides is 2. The van der Waals surface area contributed by atoms with Gasteiger partial charge in [-0.05, 0) is 32.3 Å². The Labute approximate surface area is 145 Å². The third-order valence-corrected chi connectivity index (χ3v) is 5.19. The fourth-order valence-electron chi connectivity index (χ4n) is 3.85. The lowest BCUT2D eigenvalue weighted by atomic mass is 10.0. The van der Waals surface area contributed by atoms with Crippen molar-refractivity contribution in [2.24, 2.45) is 0 Å². The molecule has 1 aromatic carbocycles. The number of benzene rings is 1. The maximum absolute atomic E-state index is 12.3. The van der Waals surface area contributed by atoms with Gasteiger partial charge in [0.15, 0.2) is 0 Å². The Hall–Kier alpha value is -1.81. The number of likely N-dealkylation sites (tertiary alicyclic amines) is 1. The minimum atomic E-state index is 0.246. The molecule has 4 heteroatoms. The molecule has 0 atom stereocenters. The predicted octanol–water partition coefficient (Wildman–Crippen LogP) is 3.31. The Balaban J connectivity index is 1.49. The van der Waals surface area contributed by atoms with E-state index in [-0.39, 0.29) is 6.03 Å². The van der Waals surface area contributed by atoms with Crippen molar-refractivity contribution in [3.05, 3.63) is 41.5 Å². The second-order valence-corrected chi connectivity index (χ2v) is 6.96. The van der Waals surface area contributed by atoms with Crippen LogP contribution in [-0.2, 0) is 0 Å². The Morgan fingerprint density at radius 2 is 1.83 bits per heavy atom. The molecule has 2 amide bonds. The van der Waals surface area contributed by atoms with Gasteiger partial charge in [0.2, 0.25) is 0 Å². The number of rotatable bonds is 5. The van der Waals surface area contributed by atoms with Crippen LogP contribution in [-0.4, -0.2) is 66.0 Å². The number of carbonyl (C=O) groups is 1. The van der Waals surface area contributed by atoms with E-state index in [1.807, 2.05) is 4.90 Å². The highest BCUT2D eigenvalue weighted by Gasteiger charge is 2.34. The molecule has 0 radical (unpaired) electrons. The molecular formula is C20H29N3O. The van der Waals surface area contributed by atoms with Crippen LogP contribution in [0.3, 0.4) is 0 Å². The van der Waals surface area contributed by atoms with E-state index in [1.54, 1.807) is 0 Å². The zero-order valence-electron chi connectivity index (χ0n) is 14.9. The summed E-state index contributed by atoms with van der Waals surface area (Å²) in [7, 11) is 0. The number of nitrogens with zero attached hydrogens (tertiary/aromatic N) is 3. The molecule has 24 heavy (non-hydrogen) atoms. The molecular weight excluding hydrogens is 298 g/mol. The maximum atomic E-state index is 12.3.